The molecule has 5 nitrogen and oxygen atoms in total. The van der Waals surface area contributed by atoms with Gasteiger partial charge in [-0.1, -0.05) is 22.9 Å². The van der Waals surface area contributed by atoms with Crippen LogP contribution in [0.15, 0.2) is 22.7 Å². The number of nitrogens with one attached hydrogen (secondary N) is 1. The second kappa shape index (κ2) is 7.87. The van der Waals surface area contributed by atoms with E-state index in [1.807, 2.05) is 6.07 Å². The van der Waals surface area contributed by atoms with Gasteiger partial charge >= 0.3 is 0 Å². The maximum absolute atomic E-state index is 10.9. The van der Waals surface area contributed by atoms with E-state index in [0.29, 0.717) is 0 Å². The molecule has 0 spiro atoms. The molecule has 0 aliphatic carbocycles. The zero-order chi connectivity index (χ0) is 15.2. The smallest absolute Gasteiger partial charge is 0.270 e. The molecular weight excluding hydrogens is 334 g/mol. The molecule has 0 aromatic heterocycles. The van der Waals surface area contributed by atoms with E-state index in [1.165, 1.54) is 12.8 Å². The zero-order valence-electron chi connectivity index (χ0n) is 12.3. The number of nitro benzene ring substituents is 1. The quantitative estimate of drug-likeness (QED) is 0.628. The fourth-order valence-electron chi connectivity index (χ4n) is 2.82. The third-order valence-corrected chi connectivity index (χ3v) is 4.44. The van der Waals surface area contributed by atoms with Gasteiger partial charge in [-0.05, 0) is 50.0 Å². The van der Waals surface area contributed by atoms with Crippen LogP contribution in [0.25, 0.3) is 0 Å². The van der Waals surface area contributed by atoms with E-state index in [2.05, 4.69) is 33.1 Å². The molecule has 116 valence electrons. The third-order valence-electron chi connectivity index (χ3n) is 3.98. The molecule has 2 rings (SSSR count). The molecule has 0 amide bonds. The number of benzene rings is 1. The zero-order valence-corrected chi connectivity index (χ0v) is 13.9. The fraction of sp³-hybridized carbons (Fsp3) is 0.600. The van der Waals surface area contributed by atoms with Crippen molar-refractivity contribution in [3.05, 3.63) is 38.3 Å². The van der Waals surface area contributed by atoms with Crippen LogP contribution in [-0.4, -0.2) is 36.0 Å². The molecule has 0 unspecified atom stereocenters. The second-order valence-corrected chi connectivity index (χ2v) is 6.51. The van der Waals surface area contributed by atoms with Crippen LogP contribution in [-0.2, 0) is 6.54 Å². The number of hydrogen-bond acceptors (Lipinski definition) is 4. The molecule has 1 saturated heterocycles. The predicted octanol–water partition coefficient (Wildman–Crippen LogP) is 3.18. The van der Waals surface area contributed by atoms with E-state index in [-0.39, 0.29) is 10.6 Å². The Morgan fingerprint density at radius 1 is 1.38 bits per heavy atom. The minimum Gasteiger partial charge on any atom is -0.317 e. The van der Waals surface area contributed by atoms with Gasteiger partial charge in [-0.15, -0.1) is 0 Å². The predicted molar refractivity (Wildman–Crippen MR) is 87.3 cm³/mol. The molecule has 1 fully saturated rings. The number of piperidine rings is 1. The molecule has 21 heavy (non-hydrogen) atoms. The molecular formula is C15H22BrN3O2. The summed E-state index contributed by atoms with van der Waals surface area (Å²) in [4.78, 5) is 13.0. The van der Waals surface area contributed by atoms with Gasteiger partial charge in [0.1, 0.15) is 0 Å². The fourth-order valence-corrected chi connectivity index (χ4v) is 3.35. The van der Waals surface area contributed by atoms with Crippen molar-refractivity contribution in [1.29, 1.82) is 0 Å². The van der Waals surface area contributed by atoms with Crippen LogP contribution >= 0.6 is 15.9 Å². The second-order valence-electron chi connectivity index (χ2n) is 5.60. The van der Waals surface area contributed by atoms with Crippen LogP contribution in [0.3, 0.4) is 0 Å². The standard InChI is InChI=1S/C15H22BrN3O2/c1-2-18(10-12-3-5-17-6-4-12)11-13-7-14(16)9-15(8-13)19(20)21/h7-9,12,17H,2-6,10-11H2,1H3. The normalized spacial score (nSPS) is 16.3. The van der Waals surface area contributed by atoms with Crippen molar-refractivity contribution in [3.8, 4) is 0 Å². The molecule has 0 saturated carbocycles. The Morgan fingerprint density at radius 2 is 2.10 bits per heavy atom. The summed E-state index contributed by atoms with van der Waals surface area (Å²) in [6, 6.07) is 5.19. The molecule has 1 aliphatic heterocycles. The lowest BCUT2D eigenvalue weighted by molar-refractivity contribution is -0.385. The van der Waals surface area contributed by atoms with E-state index in [9.17, 15) is 10.1 Å². The van der Waals surface area contributed by atoms with Gasteiger partial charge in [-0.2, -0.15) is 0 Å². The summed E-state index contributed by atoms with van der Waals surface area (Å²) in [5.74, 6) is 0.730. The number of hydrogen-bond donors (Lipinski definition) is 1. The summed E-state index contributed by atoms with van der Waals surface area (Å²) in [5, 5.41) is 14.3. The Labute approximate surface area is 134 Å². The van der Waals surface area contributed by atoms with Crippen LogP contribution in [0.4, 0.5) is 5.69 Å². The first kappa shape index (κ1) is 16.4. The molecule has 1 aliphatic rings. The summed E-state index contributed by atoms with van der Waals surface area (Å²) in [7, 11) is 0. The Morgan fingerprint density at radius 3 is 2.71 bits per heavy atom. The highest BCUT2D eigenvalue weighted by molar-refractivity contribution is 9.10. The maximum Gasteiger partial charge on any atom is 0.270 e. The van der Waals surface area contributed by atoms with Crippen molar-refractivity contribution in [3.63, 3.8) is 0 Å². The number of rotatable bonds is 6. The lowest BCUT2D eigenvalue weighted by atomic mass is 9.97. The summed E-state index contributed by atoms with van der Waals surface area (Å²) >= 11 is 3.36. The van der Waals surface area contributed by atoms with Gasteiger partial charge in [0.15, 0.2) is 0 Å². The number of halogens is 1. The van der Waals surface area contributed by atoms with Gasteiger partial charge in [0.2, 0.25) is 0 Å². The summed E-state index contributed by atoms with van der Waals surface area (Å²) < 4.78 is 0.768. The molecule has 1 heterocycles. The molecule has 0 radical (unpaired) electrons. The maximum atomic E-state index is 10.9. The monoisotopic (exact) mass is 355 g/mol. The molecule has 0 bridgehead atoms. The molecule has 6 heteroatoms. The van der Waals surface area contributed by atoms with Crippen molar-refractivity contribution in [2.24, 2.45) is 5.92 Å². The highest BCUT2D eigenvalue weighted by Gasteiger charge is 2.17. The van der Waals surface area contributed by atoms with E-state index >= 15 is 0 Å². The first-order chi connectivity index (χ1) is 10.1. The highest BCUT2D eigenvalue weighted by Crippen LogP contribution is 2.23. The van der Waals surface area contributed by atoms with Gasteiger partial charge in [0, 0.05) is 29.7 Å². The van der Waals surface area contributed by atoms with Crippen LogP contribution in [0, 0.1) is 16.0 Å². The van der Waals surface area contributed by atoms with Crippen molar-refractivity contribution < 1.29 is 4.92 Å². The minimum atomic E-state index is -0.336. The van der Waals surface area contributed by atoms with Gasteiger partial charge in [-0.3, -0.25) is 15.0 Å². The number of non-ortho nitro benzene ring substituents is 1. The number of nitro groups is 1. The average molecular weight is 356 g/mol. The van der Waals surface area contributed by atoms with Crippen molar-refractivity contribution in [2.45, 2.75) is 26.3 Å². The van der Waals surface area contributed by atoms with Crippen LogP contribution in [0.5, 0.6) is 0 Å². The first-order valence-electron chi connectivity index (χ1n) is 7.45. The molecule has 1 N–H and O–H groups in total. The number of nitrogens with zero attached hydrogens (tertiary/aromatic N) is 2. The van der Waals surface area contributed by atoms with E-state index in [4.69, 9.17) is 0 Å². The van der Waals surface area contributed by atoms with Crippen LogP contribution < -0.4 is 5.32 Å². The van der Waals surface area contributed by atoms with Gasteiger partial charge in [-0.25, -0.2) is 0 Å². The topological polar surface area (TPSA) is 58.4 Å². The largest absolute Gasteiger partial charge is 0.317 e. The summed E-state index contributed by atoms with van der Waals surface area (Å²) in [6.45, 7) is 7.14. The average Bonchev–Trinajstić information content (AvgIpc) is 2.47. The lowest BCUT2D eigenvalue weighted by Crippen LogP contribution is -2.35. The van der Waals surface area contributed by atoms with E-state index in [1.54, 1.807) is 12.1 Å². The Hall–Kier alpha value is -0.980. The van der Waals surface area contributed by atoms with Crippen molar-refractivity contribution >= 4 is 21.6 Å². The Balaban J connectivity index is 2.01. The third kappa shape index (κ3) is 5.05. The van der Waals surface area contributed by atoms with Crippen molar-refractivity contribution in [2.75, 3.05) is 26.2 Å². The lowest BCUT2D eigenvalue weighted by Gasteiger charge is -2.29. The summed E-state index contributed by atoms with van der Waals surface area (Å²) in [5.41, 5.74) is 1.14. The Bertz CT molecular complexity index is 490. The van der Waals surface area contributed by atoms with E-state index in [0.717, 1.165) is 48.7 Å². The van der Waals surface area contributed by atoms with Gasteiger partial charge in [0.25, 0.3) is 5.69 Å². The van der Waals surface area contributed by atoms with Crippen LogP contribution in [0.2, 0.25) is 0 Å². The van der Waals surface area contributed by atoms with Gasteiger partial charge < -0.3 is 5.32 Å². The molecule has 1 aromatic rings. The first-order valence-corrected chi connectivity index (χ1v) is 8.24. The van der Waals surface area contributed by atoms with E-state index < -0.39 is 0 Å². The van der Waals surface area contributed by atoms with Crippen LogP contribution in [0.1, 0.15) is 25.3 Å². The summed E-state index contributed by atoms with van der Waals surface area (Å²) in [6.07, 6.45) is 2.43. The minimum absolute atomic E-state index is 0.150. The highest BCUT2D eigenvalue weighted by atomic mass is 79.9. The SMILES string of the molecule is CCN(Cc1cc(Br)cc([N+](=O)[O-])c1)CC1CCNCC1. The van der Waals surface area contributed by atoms with Crippen molar-refractivity contribution in [1.82, 2.24) is 10.2 Å². The van der Waals surface area contributed by atoms with Gasteiger partial charge in [0.05, 0.1) is 4.92 Å². The Kier molecular flexibility index (Phi) is 6.14. The molecule has 0 atom stereocenters. The molecule has 1 aromatic carbocycles.